The first-order chi connectivity index (χ1) is 6.06. The Morgan fingerprint density at radius 1 is 1.38 bits per heavy atom. The van der Waals surface area contributed by atoms with Crippen molar-refractivity contribution in [2.24, 2.45) is 5.41 Å². The lowest BCUT2D eigenvalue weighted by molar-refractivity contribution is -0.123. The van der Waals surface area contributed by atoms with Gasteiger partial charge in [0.2, 0.25) is 0 Å². The van der Waals surface area contributed by atoms with E-state index >= 15 is 0 Å². The zero-order valence-corrected chi connectivity index (χ0v) is 8.55. The lowest BCUT2D eigenvalue weighted by Gasteiger charge is -2.20. The van der Waals surface area contributed by atoms with Gasteiger partial charge in [-0.3, -0.25) is 4.79 Å². The molecule has 0 rings (SSSR count). The minimum Gasteiger partial charge on any atom is -0.299 e. The number of carbonyl (C=O) groups is 1. The topological polar surface area (TPSA) is 17.1 Å². The maximum Gasteiger partial charge on any atom is 0.139 e. The summed E-state index contributed by atoms with van der Waals surface area (Å²) in [5, 5.41) is 0. The van der Waals surface area contributed by atoms with E-state index in [9.17, 15) is 4.79 Å². The fourth-order valence-corrected chi connectivity index (χ4v) is 1.05. The van der Waals surface area contributed by atoms with Gasteiger partial charge in [0.15, 0.2) is 0 Å². The molecular weight excluding hydrogens is 160 g/mol. The molecule has 0 fully saturated rings. The van der Waals surface area contributed by atoms with Crippen molar-refractivity contribution in [2.45, 2.75) is 26.7 Å². The van der Waals surface area contributed by atoms with E-state index in [0.29, 0.717) is 6.42 Å². The van der Waals surface area contributed by atoms with Crippen molar-refractivity contribution in [1.29, 1.82) is 0 Å². The second-order valence-electron chi connectivity index (χ2n) is 3.39. The normalized spacial score (nSPS) is 15.2. The molecule has 13 heavy (non-hydrogen) atoms. The molecule has 0 saturated heterocycles. The lowest BCUT2D eigenvalue weighted by Crippen LogP contribution is -2.21. The average Bonchev–Trinajstić information content (AvgIpc) is 2.05. The summed E-state index contributed by atoms with van der Waals surface area (Å²) < 4.78 is 0. The summed E-state index contributed by atoms with van der Waals surface area (Å²) in [4.78, 5) is 11.3. The Balaban J connectivity index is 4.48. The number of allylic oxidation sites excluding steroid dienone is 4. The monoisotopic (exact) mass is 178 g/mol. The van der Waals surface area contributed by atoms with Crippen LogP contribution < -0.4 is 0 Å². The molecule has 1 unspecified atom stereocenters. The number of Topliss-reactive ketones (excluding diaryl/α,β-unsaturated/α-hetero) is 1. The molecule has 0 aliphatic heterocycles. The highest BCUT2D eigenvalue weighted by atomic mass is 16.1. The Hall–Kier alpha value is -1.11. The average molecular weight is 178 g/mol. The summed E-state index contributed by atoms with van der Waals surface area (Å²) in [5.74, 6) is 0.174. The van der Waals surface area contributed by atoms with E-state index in [-0.39, 0.29) is 11.2 Å². The number of hydrogen-bond donors (Lipinski definition) is 0. The van der Waals surface area contributed by atoms with Crippen molar-refractivity contribution in [1.82, 2.24) is 0 Å². The summed E-state index contributed by atoms with van der Waals surface area (Å²) >= 11 is 0. The summed E-state index contributed by atoms with van der Waals surface area (Å²) in [7, 11) is 0. The van der Waals surface area contributed by atoms with Crippen LogP contribution in [-0.2, 0) is 4.79 Å². The summed E-state index contributed by atoms with van der Waals surface area (Å²) in [6.07, 6.45) is 9.00. The highest BCUT2D eigenvalue weighted by Crippen LogP contribution is 2.25. The van der Waals surface area contributed by atoms with Crippen LogP contribution in [0.1, 0.15) is 26.7 Å². The Labute approximate surface area is 80.8 Å². The molecule has 1 atom stereocenters. The van der Waals surface area contributed by atoms with Crippen LogP contribution in [0.3, 0.4) is 0 Å². The molecule has 1 nitrogen and oxygen atoms in total. The van der Waals surface area contributed by atoms with E-state index in [0.717, 1.165) is 6.42 Å². The fraction of sp³-hybridized carbons (Fsp3) is 0.417. The molecule has 72 valence electrons. The van der Waals surface area contributed by atoms with Crippen molar-refractivity contribution < 1.29 is 4.79 Å². The molecule has 0 aromatic heterocycles. The second-order valence-corrected chi connectivity index (χ2v) is 3.39. The van der Waals surface area contributed by atoms with Crippen LogP contribution in [0.25, 0.3) is 0 Å². The van der Waals surface area contributed by atoms with Gasteiger partial charge in [-0.1, -0.05) is 24.3 Å². The zero-order valence-electron chi connectivity index (χ0n) is 8.55. The number of rotatable bonds is 6. The minimum atomic E-state index is -0.384. The summed E-state index contributed by atoms with van der Waals surface area (Å²) in [6, 6.07) is 0. The molecule has 0 spiro atoms. The third kappa shape index (κ3) is 3.88. The van der Waals surface area contributed by atoms with E-state index in [4.69, 9.17) is 0 Å². The van der Waals surface area contributed by atoms with Crippen LogP contribution in [0.5, 0.6) is 0 Å². The second kappa shape index (κ2) is 5.52. The van der Waals surface area contributed by atoms with Crippen LogP contribution >= 0.6 is 0 Å². The van der Waals surface area contributed by atoms with Crippen molar-refractivity contribution in [3.05, 3.63) is 37.5 Å². The molecule has 0 aliphatic carbocycles. The van der Waals surface area contributed by atoms with E-state index in [1.165, 1.54) is 0 Å². The Kier molecular flexibility index (Phi) is 5.05. The third-order valence-electron chi connectivity index (χ3n) is 2.16. The Morgan fingerprint density at radius 2 is 2.00 bits per heavy atom. The minimum absolute atomic E-state index is 0.174. The van der Waals surface area contributed by atoms with Crippen LogP contribution in [0.15, 0.2) is 37.5 Å². The van der Waals surface area contributed by atoms with Gasteiger partial charge in [-0.05, 0) is 26.7 Å². The fourth-order valence-electron chi connectivity index (χ4n) is 1.05. The van der Waals surface area contributed by atoms with Crippen LogP contribution in [0.2, 0.25) is 0 Å². The highest BCUT2D eigenvalue weighted by molar-refractivity contribution is 5.84. The first-order valence-corrected chi connectivity index (χ1v) is 4.47. The Bertz CT molecular complexity index is 225. The first kappa shape index (κ1) is 11.9. The SMILES string of the molecule is C=CCC=CC(C)(CC=C)C(C)=O. The molecule has 0 amide bonds. The lowest BCUT2D eigenvalue weighted by atomic mass is 9.82. The molecule has 0 saturated carbocycles. The third-order valence-corrected chi connectivity index (χ3v) is 2.16. The van der Waals surface area contributed by atoms with Crippen molar-refractivity contribution in [3.8, 4) is 0 Å². The van der Waals surface area contributed by atoms with Crippen LogP contribution in [0.4, 0.5) is 0 Å². The number of hydrogen-bond acceptors (Lipinski definition) is 1. The van der Waals surface area contributed by atoms with Gasteiger partial charge in [0.25, 0.3) is 0 Å². The van der Waals surface area contributed by atoms with Crippen molar-refractivity contribution >= 4 is 5.78 Å². The van der Waals surface area contributed by atoms with Gasteiger partial charge in [0.05, 0.1) is 0 Å². The summed E-state index contributed by atoms with van der Waals surface area (Å²) in [5.41, 5.74) is -0.384. The highest BCUT2D eigenvalue weighted by Gasteiger charge is 2.24. The van der Waals surface area contributed by atoms with E-state index in [1.54, 1.807) is 13.0 Å². The smallest absolute Gasteiger partial charge is 0.139 e. The van der Waals surface area contributed by atoms with Crippen LogP contribution in [-0.4, -0.2) is 5.78 Å². The molecule has 0 aromatic carbocycles. The maximum atomic E-state index is 11.3. The van der Waals surface area contributed by atoms with Gasteiger partial charge in [0.1, 0.15) is 5.78 Å². The predicted octanol–water partition coefficient (Wildman–Crippen LogP) is 3.29. The van der Waals surface area contributed by atoms with Gasteiger partial charge in [-0.2, -0.15) is 0 Å². The zero-order chi connectivity index (χ0) is 10.3. The molecule has 1 heteroatoms. The molecule has 0 bridgehead atoms. The van der Waals surface area contributed by atoms with Crippen molar-refractivity contribution in [3.63, 3.8) is 0 Å². The van der Waals surface area contributed by atoms with E-state index < -0.39 is 0 Å². The number of carbonyl (C=O) groups excluding carboxylic acids is 1. The van der Waals surface area contributed by atoms with Gasteiger partial charge < -0.3 is 0 Å². The quantitative estimate of drug-likeness (QED) is 0.570. The van der Waals surface area contributed by atoms with E-state index in [1.807, 2.05) is 25.2 Å². The summed E-state index contributed by atoms with van der Waals surface area (Å²) in [6.45, 7) is 10.8. The number of ketones is 1. The van der Waals surface area contributed by atoms with Gasteiger partial charge in [-0.15, -0.1) is 13.2 Å². The molecular formula is C12H18O. The van der Waals surface area contributed by atoms with Gasteiger partial charge in [0, 0.05) is 5.41 Å². The van der Waals surface area contributed by atoms with E-state index in [2.05, 4.69) is 13.2 Å². The standard InChI is InChI=1S/C12H18O/c1-5-7-8-10-12(4,9-6-2)11(3)13/h5-6,8,10H,1-2,7,9H2,3-4H3. The first-order valence-electron chi connectivity index (χ1n) is 4.47. The van der Waals surface area contributed by atoms with Crippen LogP contribution in [0, 0.1) is 5.41 Å². The van der Waals surface area contributed by atoms with Crippen molar-refractivity contribution in [2.75, 3.05) is 0 Å². The Morgan fingerprint density at radius 3 is 2.38 bits per heavy atom. The molecule has 0 N–H and O–H groups in total. The predicted molar refractivity (Wildman–Crippen MR) is 57.6 cm³/mol. The molecule has 0 aliphatic rings. The maximum absolute atomic E-state index is 11.3. The molecule has 0 radical (unpaired) electrons. The van der Waals surface area contributed by atoms with Gasteiger partial charge >= 0.3 is 0 Å². The largest absolute Gasteiger partial charge is 0.299 e. The van der Waals surface area contributed by atoms with Gasteiger partial charge in [-0.25, -0.2) is 0 Å². The molecule has 0 heterocycles. The molecule has 0 aromatic rings.